The topological polar surface area (TPSA) is 50.8 Å². The van der Waals surface area contributed by atoms with E-state index in [0.29, 0.717) is 18.4 Å². The summed E-state index contributed by atoms with van der Waals surface area (Å²) in [5.41, 5.74) is 1.17. The Morgan fingerprint density at radius 3 is 2.50 bits per heavy atom. The van der Waals surface area contributed by atoms with Gasteiger partial charge >= 0.3 is 0 Å². The van der Waals surface area contributed by atoms with Gasteiger partial charge in [0.2, 0.25) is 5.91 Å². The van der Waals surface area contributed by atoms with Crippen LogP contribution < -0.4 is 14.8 Å². The average Bonchev–Trinajstić information content (AvgIpc) is 3.36. The SMILES string of the molecule is COc1ccc(C(CC(=O)NCC(C)N2CCCC2)C2CC2)cc1OC. The molecule has 2 atom stereocenters. The number of amides is 1. The third-order valence-corrected chi connectivity index (χ3v) is 5.79. The van der Waals surface area contributed by atoms with Crippen LogP contribution >= 0.6 is 0 Å². The van der Waals surface area contributed by atoms with Gasteiger partial charge in [-0.2, -0.15) is 0 Å². The van der Waals surface area contributed by atoms with Crippen LogP contribution in [0.25, 0.3) is 0 Å². The zero-order valence-corrected chi connectivity index (χ0v) is 16.3. The highest BCUT2D eigenvalue weighted by Gasteiger charge is 2.34. The summed E-state index contributed by atoms with van der Waals surface area (Å²) >= 11 is 0. The van der Waals surface area contributed by atoms with Gasteiger partial charge < -0.3 is 14.8 Å². The molecule has 0 spiro atoms. The Morgan fingerprint density at radius 2 is 1.88 bits per heavy atom. The van der Waals surface area contributed by atoms with E-state index in [0.717, 1.165) is 31.1 Å². The quantitative estimate of drug-likeness (QED) is 0.735. The molecule has 1 aromatic carbocycles. The number of nitrogens with zero attached hydrogens (tertiary/aromatic N) is 1. The van der Waals surface area contributed by atoms with Crippen LogP contribution in [-0.2, 0) is 4.79 Å². The number of carbonyl (C=O) groups excluding carboxylic acids is 1. The molecule has 1 aliphatic carbocycles. The Hall–Kier alpha value is -1.75. The molecule has 26 heavy (non-hydrogen) atoms. The minimum atomic E-state index is 0.155. The van der Waals surface area contributed by atoms with Crippen LogP contribution in [0.4, 0.5) is 0 Å². The summed E-state index contributed by atoms with van der Waals surface area (Å²) in [6.07, 6.45) is 5.52. The highest BCUT2D eigenvalue weighted by Crippen LogP contribution is 2.46. The largest absolute Gasteiger partial charge is 0.493 e. The van der Waals surface area contributed by atoms with Gasteiger partial charge in [-0.3, -0.25) is 9.69 Å². The predicted molar refractivity (Wildman–Crippen MR) is 103 cm³/mol. The summed E-state index contributed by atoms with van der Waals surface area (Å²) < 4.78 is 10.8. The maximum atomic E-state index is 12.6. The Bertz CT molecular complexity index is 609. The monoisotopic (exact) mass is 360 g/mol. The van der Waals surface area contributed by atoms with Crippen molar-refractivity contribution < 1.29 is 14.3 Å². The summed E-state index contributed by atoms with van der Waals surface area (Å²) in [4.78, 5) is 15.0. The number of benzene rings is 1. The number of hydrogen-bond acceptors (Lipinski definition) is 4. The molecule has 0 bridgehead atoms. The first-order chi connectivity index (χ1) is 12.6. The van der Waals surface area contributed by atoms with E-state index in [-0.39, 0.29) is 11.8 Å². The average molecular weight is 360 g/mol. The lowest BCUT2D eigenvalue weighted by molar-refractivity contribution is -0.121. The zero-order valence-electron chi connectivity index (χ0n) is 16.3. The molecule has 0 aromatic heterocycles. The molecule has 2 fully saturated rings. The number of ether oxygens (including phenoxy) is 2. The number of rotatable bonds is 9. The van der Waals surface area contributed by atoms with Crippen LogP contribution in [0.15, 0.2) is 18.2 Å². The van der Waals surface area contributed by atoms with Crippen molar-refractivity contribution in [1.82, 2.24) is 10.2 Å². The molecule has 144 valence electrons. The molecular weight excluding hydrogens is 328 g/mol. The van der Waals surface area contributed by atoms with Crippen molar-refractivity contribution in [3.05, 3.63) is 23.8 Å². The molecule has 0 radical (unpaired) electrons. The molecule has 1 saturated heterocycles. The van der Waals surface area contributed by atoms with Crippen molar-refractivity contribution in [2.75, 3.05) is 33.9 Å². The van der Waals surface area contributed by atoms with Crippen molar-refractivity contribution in [1.29, 1.82) is 0 Å². The molecule has 1 aliphatic heterocycles. The normalized spacial score (nSPS) is 19.8. The standard InChI is InChI=1S/C21H32N2O3/c1-15(23-10-4-5-11-23)14-22-21(24)13-18(16-6-7-16)17-8-9-19(25-2)20(12-17)26-3/h8-9,12,15-16,18H,4-7,10-11,13-14H2,1-3H3,(H,22,24). The van der Waals surface area contributed by atoms with Crippen molar-refractivity contribution >= 4 is 5.91 Å². The first kappa shape index (κ1) is 19.0. The van der Waals surface area contributed by atoms with E-state index in [1.54, 1.807) is 14.2 Å². The zero-order chi connectivity index (χ0) is 18.5. The Morgan fingerprint density at radius 1 is 1.19 bits per heavy atom. The fraction of sp³-hybridized carbons (Fsp3) is 0.667. The fourth-order valence-electron chi connectivity index (χ4n) is 3.98. The van der Waals surface area contributed by atoms with Crippen LogP contribution in [0.1, 0.15) is 50.5 Å². The lowest BCUT2D eigenvalue weighted by atomic mass is 9.90. The molecule has 5 heteroatoms. The van der Waals surface area contributed by atoms with Gasteiger partial charge in [-0.1, -0.05) is 6.07 Å². The van der Waals surface area contributed by atoms with Crippen LogP contribution in [0.2, 0.25) is 0 Å². The van der Waals surface area contributed by atoms with Gasteiger partial charge in [0.15, 0.2) is 11.5 Å². The molecule has 1 saturated carbocycles. The summed E-state index contributed by atoms with van der Waals surface area (Å²) in [7, 11) is 3.30. The van der Waals surface area contributed by atoms with E-state index in [9.17, 15) is 4.79 Å². The highest BCUT2D eigenvalue weighted by molar-refractivity contribution is 5.77. The molecule has 1 aromatic rings. The fourth-order valence-corrected chi connectivity index (χ4v) is 3.98. The number of likely N-dealkylation sites (tertiary alicyclic amines) is 1. The molecule has 2 unspecified atom stereocenters. The van der Waals surface area contributed by atoms with Crippen LogP contribution in [0.5, 0.6) is 11.5 Å². The number of hydrogen-bond donors (Lipinski definition) is 1. The second-order valence-corrected chi connectivity index (χ2v) is 7.66. The summed E-state index contributed by atoms with van der Waals surface area (Å²) in [6, 6.07) is 6.46. The second-order valence-electron chi connectivity index (χ2n) is 7.66. The van der Waals surface area contributed by atoms with Gasteiger partial charge in [-0.15, -0.1) is 0 Å². The van der Waals surface area contributed by atoms with Crippen LogP contribution in [0, 0.1) is 5.92 Å². The second kappa shape index (κ2) is 8.76. The molecule has 5 nitrogen and oxygen atoms in total. The third-order valence-electron chi connectivity index (χ3n) is 5.79. The van der Waals surface area contributed by atoms with Gasteiger partial charge in [0.1, 0.15) is 0 Å². The van der Waals surface area contributed by atoms with E-state index >= 15 is 0 Å². The molecular formula is C21H32N2O3. The molecule has 1 heterocycles. The maximum absolute atomic E-state index is 12.6. The minimum absolute atomic E-state index is 0.155. The molecule has 2 aliphatic rings. The minimum Gasteiger partial charge on any atom is -0.493 e. The third kappa shape index (κ3) is 4.70. The Kier molecular flexibility index (Phi) is 6.41. The summed E-state index contributed by atoms with van der Waals surface area (Å²) in [6.45, 7) is 5.27. The van der Waals surface area contributed by atoms with Gasteiger partial charge in [0.25, 0.3) is 0 Å². The van der Waals surface area contributed by atoms with E-state index in [1.165, 1.54) is 31.2 Å². The molecule has 1 amide bonds. The lowest BCUT2D eigenvalue weighted by Crippen LogP contribution is -2.41. The van der Waals surface area contributed by atoms with Gasteiger partial charge in [-0.05, 0) is 75.2 Å². The predicted octanol–water partition coefficient (Wildman–Crippen LogP) is 3.19. The van der Waals surface area contributed by atoms with Gasteiger partial charge in [0, 0.05) is 19.0 Å². The van der Waals surface area contributed by atoms with E-state index in [2.05, 4.69) is 23.2 Å². The first-order valence-electron chi connectivity index (χ1n) is 9.85. The molecule has 3 rings (SSSR count). The smallest absolute Gasteiger partial charge is 0.220 e. The van der Waals surface area contributed by atoms with E-state index in [4.69, 9.17) is 9.47 Å². The van der Waals surface area contributed by atoms with Crippen molar-refractivity contribution in [2.45, 2.75) is 51.0 Å². The van der Waals surface area contributed by atoms with Crippen molar-refractivity contribution in [3.63, 3.8) is 0 Å². The highest BCUT2D eigenvalue weighted by atomic mass is 16.5. The van der Waals surface area contributed by atoms with E-state index < -0.39 is 0 Å². The number of methoxy groups -OCH3 is 2. The Labute approximate surface area is 157 Å². The van der Waals surface area contributed by atoms with Crippen molar-refractivity contribution in [3.8, 4) is 11.5 Å². The van der Waals surface area contributed by atoms with Crippen molar-refractivity contribution in [2.24, 2.45) is 5.92 Å². The first-order valence-corrected chi connectivity index (χ1v) is 9.85. The number of carbonyl (C=O) groups is 1. The van der Waals surface area contributed by atoms with E-state index in [1.807, 2.05) is 12.1 Å². The Balaban J connectivity index is 1.59. The summed E-state index contributed by atoms with van der Waals surface area (Å²) in [5.74, 6) is 2.49. The van der Waals surface area contributed by atoms with Gasteiger partial charge in [-0.25, -0.2) is 0 Å². The van der Waals surface area contributed by atoms with Crippen LogP contribution in [0.3, 0.4) is 0 Å². The maximum Gasteiger partial charge on any atom is 0.220 e. The van der Waals surface area contributed by atoms with Crippen LogP contribution in [-0.4, -0.2) is 50.7 Å². The van der Waals surface area contributed by atoms with Gasteiger partial charge in [0.05, 0.1) is 14.2 Å². The summed E-state index contributed by atoms with van der Waals surface area (Å²) in [5, 5.41) is 3.16. The lowest BCUT2D eigenvalue weighted by Gasteiger charge is -2.24. The molecule has 1 N–H and O–H groups in total. The number of nitrogens with one attached hydrogen (secondary N) is 1.